The van der Waals surface area contributed by atoms with Gasteiger partial charge in [0, 0.05) is 5.92 Å². The molecular weight excluding hydrogens is 478 g/mol. The summed E-state index contributed by atoms with van der Waals surface area (Å²) in [5.74, 6) is -3.13. The van der Waals surface area contributed by atoms with Gasteiger partial charge in [0.15, 0.2) is 0 Å². The van der Waals surface area contributed by atoms with Gasteiger partial charge in [0.2, 0.25) is 0 Å². The highest BCUT2D eigenvalue weighted by Gasteiger charge is 2.61. The molecule has 0 aromatic rings. The van der Waals surface area contributed by atoms with E-state index in [1.165, 1.54) is 0 Å². The van der Waals surface area contributed by atoms with Gasteiger partial charge in [-0.15, -0.1) is 0 Å². The van der Waals surface area contributed by atoms with Crippen LogP contribution in [0.2, 0.25) is 0 Å². The van der Waals surface area contributed by atoms with E-state index >= 15 is 0 Å². The molecule has 0 aliphatic heterocycles. The fourth-order valence-corrected chi connectivity index (χ4v) is 8.67. The zero-order chi connectivity index (χ0) is 26.0. The highest BCUT2D eigenvalue weighted by atomic mass is 19.4. The van der Waals surface area contributed by atoms with Crippen LogP contribution in [0.15, 0.2) is 0 Å². The summed E-state index contributed by atoms with van der Waals surface area (Å²) in [7, 11) is 0. The molecule has 0 spiro atoms. The van der Waals surface area contributed by atoms with Crippen LogP contribution < -0.4 is 0 Å². The molecule has 200 valence electrons. The summed E-state index contributed by atoms with van der Waals surface area (Å²) in [6.07, 6.45) is -4.92. The summed E-state index contributed by atoms with van der Waals surface area (Å²) in [4.78, 5) is 22.8. The average Bonchev–Trinajstić information content (AvgIpc) is 3.10. The zero-order valence-electron chi connectivity index (χ0n) is 20.3. The van der Waals surface area contributed by atoms with Gasteiger partial charge in [-0.25, -0.2) is 9.59 Å². The predicted octanol–water partition coefficient (Wildman–Crippen LogP) is 6.61. The van der Waals surface area contributed by atoms with Crippen molar-refractivity contribution in [2.45, 2.75) is 103 Å². The Bertz CT molecular complexity index is 841. The van der Waals surface area contributed by atoms with Crippen LogP contribution in [0.1, 0.15) is 78.6 Å². The topological polar surface area (TPSA) is 52.6 Å². The Morgan fingerprint density at radius 1 is 0.800 bits per heavy atom. The monoisotopic (exact) mass is 512 g/mol. The molecule has 4 fully saturated rings. The van der Waals surface area contributed by atoms with E-state index in [0.717, 1.165) is 32.1 Å². The first-order valence-corrected chi connectivity index (χ1v) is 12.6. The molecule has 3 unspecified atom stereocenters. The maximum atomic E-state index is 12.7. The van der Waals surface area contributed by atoms with E-state index in [2.05, 4.69) is 13.8 Å². The molecule has 0 amide bonds. The van der Waals surface area contributed by atoms with Crippen LogP contribution in [0.25, 0.3) is 0 Å². The molecular formula is C25H34F6O4. The molecule has 0 radical (unpaired) electrons. The first-order valence-electron chi connectivity index (χ1n) is 12.6. The maximum absolute atomic E-state index is 12.7. The number of hydrogen-bond acceptors (Lipinski definition) is 4. The SMILES string of the molecule is C[C@H](OC(=O)C(F)(F)F)[C@H]1CCC2C3CC[C@@H]4C[C@H](OC(=O)C(F)(F)F)CC[C@]4(C)C3CC[C@@]21C. The molecule has 35 heavy (non-hydrogen) atoms. The van der Waals surface area contributed by atoms with Crippen molar-refractivity contribution < 1.29 is 45.4 Å². The van der Waals surface area contributed by atoms with Gasteiger partial charge >= 0.3 is 24.3 Å². The Morgan fingerprint density at radius 3 is 2.03 bits per heavy atom. The van der Waals surface area contributed by atoms with E-state index in [-0.39, 0.29) is 22.7 Å². The molecule has 0 N–H and O–H groups in total. The Labute approximate surface area is 201 Å². The molecule has 0 bridgehead atoms. The molecule has 4 aliphatic carbocycles. The molecule has 4 saturated carbocycles. The minimum atomic E-state index is -5.01. The van der Waals surface area contributed by atoms with E-state index in [4.69, 9.17) is 9.47 Å². The molecule has 10 heteroatoms. The summed E-state index contributed by atoms with van der Waals surface area (Å²) in [5.41, 5.74) is -0.271. The first-order chi connectivity index (χ1) is 16.1. The van der Waals surface area contributed by atoms with Crippen LogP contribution in [0.4, 0.5) is 26.3 Å². The van der Waals surface area contributed by atoms with Crippen molar-refractivity contribution >= 4 is 11.9 Å². The van der Waals surface area contributed by atoms with Gasteiger partial charge in [-0.1, -0.05) is 13.8 Å². The van der Waals surface area contributed by atoms with E-state index in [0.29, 0.717) is 43.4 Å². The second-order valence-electron chi connectivity index (χ2n) is 11.8. The summed E-state index contributed by atoms with van der Waals surface area (Å²) >= 11 is 0. The van der Waals surface area contributed by atoms with Crippen molar-refractivity contribution in [2.24, 2.45) is 40.4 Å². The van der Waals surface area contributed by atoms with Gasteiger partial charge in [0.25, 0.3) is 0 Å². The van der Waals surface area contributed by atoms with E-state index in [1.54, 1.807) is 6.92 Å². The van der Waals surface area contributed by atoms with Crippen LogP contribution >= 0.6 is 0 Å². The minimum Gasteiger partial charge on any atom is -0.456 e. The standard InChI is InChI=1S/C25H34F6O4/c1-13(34-20(32)24(26,27)28)17-6-7-18-16-5-4-14-12-15(35-21(33)25(29,30)31)8-10-22(14,2)19(16)9-11-23(17,18)3/h13-19H,4-12H2,1-3H3/t13-,14+,15+,16?,17+,18?,19?,22-,23+/m0/s1. The molecule has 0 heterocycles. The number of rotatable bonds is 3. The quantitative estimate of drug-likeness (QED) is 0.315. The van der Waals surface area contributed by atoms with Crippen molar-refractivity contribution in [3.05, 3.63) is 0 Å². The number of fused-ring (bicyclic) bond motifs is 5. The predicted molar refractivity (Wildman–Crippen MR) is 113 cm³/mol. The molecule has 9 atom stereocenters. The van der Waals surface area contributed by atoms with Crippen molar-refractivity contribution in [1.82, 2.24) is 0 Å². The van der Waals surface area contributed by atoms with Crippen molar-refractivity contribution in [1.29, 1.82) is 0 Å². The van der Waals surface area contributed by atoms with Gasteiger partial charge in [-0.2, -0.15) is 26.3 Å². The number of esters is 2. The third-order valence-electron chi connectivity index (χ3n) is 10.3. The highest BCUT2D eigenvalue weighted by molar-refractivity contribution is 5.76. The smallest absolute Gasteiger partial charge is 0.456 e. The summed E-state index contributed by atoms with van der Waals surface area (Å²) in [6.45, 7) is 5.92. The number of halogens is 6. The lowest BCUT2D eigenvalue weighted by atomic mass is 9.44. The third kappa shape index (κ3) is 4.67. The van der Waals surface area contributed by atoms with Crippen molar-refractivity contribution in [3.63, 3.8) is 0 Å². The van der Waals surface area contributed by atoms with E-state index < -0.39 is 36.5 Å². The lowest BCUT2D eigenvalue weighted by molar-refractivity contribution is -0.212. The van der Waals surface area contributed by atoms with E-state index in [1.807, 2.05) is 0 Å². The Morgan fingerprint density at radius 2 is 1.40 bits per heavy atom. The Hall–Kier alpha value is -1.48. The fourth-order valence-electron chi connectivity index (χ4n) is 8.67. The Kier molecular flexibility index (Phi) is 6.70. The van der Waals surface area contributed by atoms with Gasteiger partial charge in [-0.3, -0.25) is 0 Å². The Balaban J connectivity index is 1.44. The van der Waals surface area contributed by atoms with Crippen LogP contribution in [0, 0.1) is 40.4 Å². The molecule has 4 rings (SSSR count). The lowest BCUT2D eigenvalue weighted by Gasteiger charge is -2.61. The number of alkyl halides is 6. The highest BCUT2D eigenvalue weighted by Crippen LogP contribution is 2.68. The molecule has 0 saturated heterocycles. The van der Waals surface area contributed by atoms with Crippen molar-refractivity contribution in [2.75, 3.05) is 0 Å². The number of carbonyl (C=O) groups is 2. The number of carbonyl (C=O) groups excluding carboxylic acids is 2. The van der Waals surface area contributed by atoms with Gasteiger partial charge in [-0.05, 0) is 99.2 Å². The molecule has 0 aromatic carbocycles. The lowest BCUT2D eigenvalue weighted by Crippen LogP contribution is -2.55. The normalized spacial score (nSPS) is 42.3. The molecule has 4 nitrogen and oxygen atoms in total. The third-order valence-corrected chi connectivity index (χ3v) is 10.3. The fraction of sp³-hybridized carbons (Fsp3) is 0.920. The van der Waals surface area contributed by atoms with Crippen LogP contribution in [0.5, 0.6) is 0 Å². The number of ether oxygens (including phenoxy) is 2. The maximum Gasteiger partial charge on any atom is 0.490 e. The summed E-state index contributed by atoms with van der Waals surface area (Å²) in [6, 6.07) is 0. The second-order valence-corrected chi connectivity index (χ2v) is 11.8. The first kappa shape index (κ1) is 26.6. The van der Waals surface area contributed by atoms with Crippen molar-refractivity contribution in [3.8, 4) is 0 Å². The largest absolute Gasteiger partial charge is 0.490 e. The summed E-state index contributed by atoms with van der Waals surface area (Å²) in [5, 5.41) is 0. The molecule has 4 aliphatic rings. The van der Waals surface area contributed by atoms with Crippen LogP contribution in [-0.2, 0) is 19.1 Å². The second kappa shape index (κ2) is 8.82. The minimum absolute atomic E-state index is 0.0577. The van der Waals surface area contributed by atoms with E-state index in [9.17, 15) is 35.9 Å². The number of hydrogen-bond donors (Lipinski definition) is 0. The van der Waals surface area contributed by atoms with Crippen LogP contribution in [0.3, 0.4) is 0 Å². The average molecular weight is 513 g/mol. The van der Waals surface area contributed by atoms with Gasteiger partial charge in [0.1, 0.15) is 12.2 Å². The van der Waals surface area contributed by atoms with Gasteiger partial charge < -0.3 is 9.47 Å². The zero-order valence-corrected chi connectivity index (χ0v) is 20.3. The summed E-state index contributed by atoms with van der Waals surface area (Å²) < 4.78 is 85.8. The van der Waals surface area contributed by atoms with Crippen LogP contribution in [-0.4, -0.2) is 36.5 Å². The van der Waals surface area contributed by atoms with Gasteiger partial charge in [0.05, 0.1) is 0 Å². The molecule has 0 aromatic heterocycles.